The third kappa shape index (κ3) is 4.64. The van der Waals surface area contributed by atoms with Crippen molar-refractivity contribution in [3.8, 4) is 0 Å². The van der Waals surface area contributed by atoms with Gasteiger partial charge >= 0.3 is 0 Å². The van der Waals surface area contributed by atoms with Crippen LogP contribution in [-0.4, -0.2) is 38.3 Å². The molecule has 4 nitrogen and oxygen atoms in total. The van der Waals surface area contributed by atoms with Crippen molar-refractivity contribution < 1.29 is 9.53 Å². The van der Waals surface area contributed by atoms with Crippen molar-refractivity contribution in [3.63, 3.8) is 0 Å². The largest absolute Gasteiger partial charge is 0.380 e. The highest BCUT2D eigenvalue weighted by molar-refractivity contribution is 5.77. The van der Waals surface area contributed by atoms with Gasteiger partial charge in [0.25, 0.3) is 0 Å². The van der Waals surface area contributed by atoms with Gasteiger partial charge in [-0.3, -0.25) is 4.79 Å². The molecule has 1 saturated carbocycles. The minimum atomic E-state index is 0.0264. The van der Waals surface area contributed by atoms with Gasteiger partial charge in [-0.1, -0.05) is 19.3 Å². The first-order valence-electron chi connectivity index (χ1n) is 6.60. The molecule has 0 heterocycles. The highest BCUT2D eigenvalue weighted by atomic mass is 16.5. The summed E-state index contributed by atoms with van der Waals surface area (Å²) in [5.74, 6) is 0.130. The average Bonchev–Trinajstić information content (AvgIpc) is 2.37. The Morgan fingerprint density at radius 1 is 1.35 bits per heavy atom. The molecule has 1 unspecified atom stereocenters. The molecule has 0 radical (unpaired) electrons. The Kier molecular flexibility index (Phi) is 5.92. The fourth-order valence-corrected chi connectivity index (χ4v) is 2.45. The summed E-state index contributed by atoms with van der Waals surface area (Å²) in [7, 11) is 3.63. The molecule has 0 spiro atoms. The Hall–Kier alpha value is -0.610. The number of hydrogen-bond acceptors (Lipinski definition) is 3. The van der Waals surface area contributed by atoms with Crippen LogP contribution in [0, 0.1) is 0 Å². The highest BCUT2D eigenvalue weighted by Gasteiger charge is 2.32. The van der Waals surface area contributed by atoms with Crippen molar-refractivity contribution in [1.29, 1.82) is 0 Å². The van der Waals surface area contributed by atoms with Crippen LogP contribution in [0.4, 0.5) is 0 Å². The molecule has 1 fully saturated rings. The lowest BCUT2D eigenvalue weighted by Crippen LogP contribution is -2.48. The molecule has 0 aliphatic heterocycles. The Morgan fingerprint density at radius 3 is 2.53 bits per heavy atom. The van der Waals surface area contributed by atoms with E-state index in [9.17, 15) is 4.79 Å². The molecule has 1 rings (SSSR count). The van der Waals surface area contributed by atoms with Gasteiger partial charge in [0, 0.05) is 25.6 Å². The molecule has 0 bridgehead atoms. The summed E-state index contributed by atoms with van der Waals surface area (Å²) in [5, 5.41) is 6.29. The van der Waals surface area contributed by atoms with Gasteiger partial charge in [-0.25, -0.2) is 0 Å². The summed E-state index contributed by atoms with van der Waals surface area (Å²) >= 11 is 0. The van der Waals surface area contributed by atoms with E-state index >= 15 is 0 Å². The van der Waals surface area contributed by atoms with Gasteiger partial charge in [0.2, 0.25) is 5.91 Å². The quantitative estimate of drug-likeness (QED) is 0.741. The van der Waals surface area contributed by atoms with E-state index in [1.54, 1.807) is 7.11 Å². The minimum absolute atomic E-state index is 0.0264. The van der Waals surface area contributed by atoms with Gasteiger partial charge in [-0.15, -0.1) is 0 Å². The third-order valence-corrected chi connectivity index (χ3v) is 3.83. The zero-order valence-electron chi connectivity index (χ0n) is 11.3. The molecule has 2 N–H and O–H groups in total. The number of rotatable bonds is 6. The second-order valence-electron chi connectivity index (χ2n) is 5.12. The van der Waals surface area contributed by atoms with Crippen molar-refractivity contribution in [2.45, 2.75) is 57.1 Å². The summed E-state index contributed by atoms with van der Waals surface area (Å²) < 4.78 is 5.11. The van der Waals surface area contributed by atoms with E-state index in [1.165, 1.54) is 19.3 Å². The first kappa shape index (κ1) is 14.5. The summed E-state index contributed by atoms with van der Waals surface area (Å²) in [5.41, 5.74) is 0.0264. The normalized spacial score (nSPS) is 20.9. The van der Waals surface area contributed by atoms with E-state index in [1.807, 2.05) is 14.0 Å². The smallest absolute Gasteiger partial charge is 0.221 e. The molecule has 0 saturated heterocycles. The Balaban J connectivity index is 2.37. The number of ether oxygens (including phenoxy) is 1. The Labute approximate surface area is 104 Å². The van der Waals surface area contributed by atoms with Crippen LogP contribution in [0.15, 0.2) is 0 Å². The third-order valence-electron chi connectivity index (χ3n) is 3.83. The van der Waals surface area contributed by atoms with Gasteiger partial charge in [0.1, 0.15) is 0 Å². The van der Waals surface area contributed by atoms with Crippen molar-refractivity contribution in [3.05, 3.63) is 0 Å². The molecule has 4 heteroatoms. The van der Waals surface area contributed by atoms with E-state index in [0.29, 0.717) is 13.0 Å². The van der Waals surface area contributed by atoms with E-state index < -0.39 is 0 Å². The van der Waals surface area contributed by atoms with Crippen molar-refractivity contribution in [2.24, 2.45) is 0 Å². The molecule has 1 atom stereocenters. The first-order valence-corrected chi connectivity index (χ1v) is 6.60. The maximum Gasteiger partial charge on any atom is 0.221 e. The number of carbonyl (C=O) groups excluding carboxylic acids is 1. The molecule has 0 aromatic carbocycles. The predicted octanol–water partition coefficient (Wildman–Crippen LogP) is 1.45. The Morgan fingerprint density at radius 2 is 2.00 bits per heavy atom. The summed E-state index contributed by atoms with van der Waals surface area (Å²) in [6.45, 7) is 2.55. The SMILES string of the molecule is CNC1(CC(=O)NCC(C)OC)CCCCC1. The van der Waals surface area contributed by atoms with Crippen molar-refractivity contribution >= 4 is 5.91 Å². The average molecular weight is 242 g/mol. The molecule has 0 aromatic rings. The maximum atomic E-state index is 11.9. The molecular formula is C13H26N2O2. The van der Waals surface area contributed by atoms with Gasteiger partial charge in [0.15, 0.2) is 0 Å². The minimum Gasteiger partial charge on any atom is -0.380 e. The molecule has 0 aromatic heterocycles. The zero-order valence-corrected chi connectivity index (χ0v) is 11.3. The van der Waals surface area contributed by atoms with Gasteiger partial charge < -0.3 is 15.4 Å². The topological polar surface area (TPSA) is 50.4 Å². The molecule has 17 heavy (non-hydrogen) atoms. The fraction of sp³-hybridized carbons (Fsp3) is 0.923. The molecule has 1 aliphatic rings. The van der Waals surface area contributed by atoms with Gasteiger partial charge in [-0.2, -0.15) is 0 Å². The number of methoxy groups -OCH3 is 1. The van der Waals surface area contributed by atoms with Crippen LogP contribution in [0.3, 0.4) is 0 Å². The van der Waals surface area contributed by atoms with Gasteiger partial charge in [0.05, 0.1) is 6.10 Å². The second kappa shape index (κ2) is 6.97. The molecule has 100 valence electrons. The molecule has 1 amide bonds. The van der Waals surface area contributed by atoms with Crippen LogP contribution >= 0.6 is 0 Å². The second-order valence-corrected chi connectivity index (χ2v) is 5.12. The summed E-state index contributed by atoms with van der Waals surface area (Å²) in [6.07, 6.45) is 6.63. The predicted molar refractivity (Wildman–Crippen MR) is 69.0 cm³/mol. The standard InChI is InChI=1S/C13H26N2O2/c1-11(17-3)10-15-12(16)9-13(14-2)7-5-4-6-8-13/h11,14H,4-10H2,1-3H3,(H,15,16). The monoisotopic (exact) mass is 242 g/mol. The van der Waals surface area contributed by atoms with Crippen LogP contribution < -0.4 is 10.6 Å². The van der Waals surface area contributed by atoms with Crippen molar-refractivity contribution in [2.75, 3.05) is 20.7 Å². The molecular weight excluding hydrogens is 216 g/mol. The maximum absolute atomic E-state index is 11.9. The number of amides is 1. The number of carbonyl (C=O) groups is 1. The van der Waals surface area contributed by atoms with E-state index in [0.717, 1.165) is 12.8 Å². The van der Waals surface area contributed by atoms with Gasteiger partial charge in [-0.05, 0) is 26.8 Å². The highest BCUT2D eigenvalue weighted by Crippen LogP contribution is 2.30. The van der Waals surface area contributed by atoms with E-state index in [2.05, 4.69) is 10.6 Å². The lowest BCUT2D eigenvalue weighted by molar-refractivity contribution is -0.123. The Bertz CT molecular complexity index is 238. The fourth-order valence-electron chi connectivity index (χ4n) is 2.45. The molecule has 1 aliphatic carbocycles. The number of nitrogens with one attached hydrogen (secondary N) is 2. The van der Waals surface area contributed by atoms with Crippen LogP contribution in [0.1, 0.15) is 45.4 Å². The lowest BCUT2D eigenvalue weighted by Gasteiger charge is -2.36. The van der Waals surface area contributed by atoms with Crippen LogP contribution in [-0.2, 0) is 9.53 Å². The lowest BCUT2D eigenvalue weighted by atomic mass is 9.79. The zero-order chi connectivity index (χ0) is 12.7. The first-order chi connectivity index (χ1) is 8.12. The number of hydrogen-bond donors (Lipinski definition) is 2. The summed E-state index contributed by atoms with van der Waals surface area (Å²) in [4.78, 5) is 11.9. The van der Waals surface area contributed by atoms with Crippen molar-refractivity contribution in [1.82, 2.24) is 10.6 Å². The van der Waals surface area contributed by atoms with E-state index in [4.69, 9.17) is 4.74 Å². The van der Waals surface area contributed by atoms with Crippen LogP contribution in [0.5, 0.6) is 0 Å². The van der Waals surface area contributed by atoms with Crippen LogP contribution in [0.2, 0.25) is 0 Å². The summed E-state index contributed by atoms with van der Waals surface area (Å²) in [6, 6.07) is 0. The van der Waals surface area contributed by atoms with Crippen LogP contribution in [0.25, 0.3) is 0 Å². The van der Waals surface area contributed by atoms with E-state index in [-0.39, 0.29) is 17.6 Å².